The van der Waals surface area contributed by atoms with E-state index in [4.69, 9.17) is 4.74 Å². The first-order chi connectivity index (χ1) is 37.2. The summed E-state index contributed by atoms with van der Waals surface area (Å²) in [5, 5.41) is 2.46. The molecule has 16 rings (SSSR count). The molecule has 0 fully saturated rings. The molecule has 350 valence electrons. The van der Waals surface area contributed by atoms with Gasteiger partial charge in [0.2, 0.25) is 0 Å². The number of hydrogen-bond donors (Lipinski definition) is 0. The maximum absolute atomic E-state index is 6.82. The lowest BCUT2D eigenvalue weighted by Gasteiger charge is -2.40. The molecule has 4 aliphatic rings. The summed E-state index contributed by atoms with van der Waals surface area (Å²) in [7, 11) is 0. The molecule has 2 heterocycles. The molecule has 0 saturated carbocycles. The molecule has 12 aromatic carbocycles. The minimum Gasteiger partial charge on any atom is -0.457 e. The standard InChI is InChI=1S/C72H45NOS/c1-2-19-46(20-3-1)47-37-39-48(40-38-47)52-23-7-13-31-64(52)73(51-41-42-54-53-24-6-8-25-56(53)71(63(54)45-51)57-26-9-14-33-66(57)74-67-34-15-10-27-58(67)71)65-32-18-30-61-70(65)55-43-49-21-4-5-22-50(49)44-62(55)72(61)59-28-11-16-35-68(59)75-69-36-17-12-29-60(69)72/h1-45H. The van der Waals surface area contributed by atoms with Gasteiger partial charge in [0.15, 0.2) is 0 Å². The van der Waals surface area contributed by atoms with Crippen LogP contribution >= 0.6 is 11.8 Å². The van der Waals surface area contributed by atoms with Crippen molar-refractivity contribution in [2.75, 3.05) is 4.90 Å². The lowest BCUT2D eigenvalue weighted by Crippen LogP contribution is -2.32. The Hall–Kier alpha value is -9.15. The molecule has 2 nitrogen and oxygen atoms in total. The molecule has 0 atom stereocenters. The van der Waals surface area contributed by atoms with Gasteiger partial charge in [-0.3, -0.25) is 0 Å². The van der Waals surface area contributed by atoms with Crippen LogP contribution in [0.25, 0.3) is 55.3 Å². The molecule has 0 N–H and O–H groups in total. The lowest BCUT2D eigenvalue weighted by atomic mass is 9.66. The third-order valence-corrected chi connectivity index (χ3v) is 17.7. The molecule has 2 spiro atoms. The summed E-state index contributed by atoms with van der Waals surface area (Å²) in [6, 6.07) is 102. The van der Waals surface area contributed by atoms with Gasteiger partial charge in [0.1, 0.15) is 11.5 Å². The number of ether oxygens (including phenoxy) is 1. The third kappa shape index (κ3) is 5.87. The third-order valence-electron chi connectivity index (χ3n) is 16.6. The van der Waals surface area contributed by atoms with Gasteiger partial charge < -0.3 is 9.64 Å². The fourth-order valence-corrected chi connectivity index (χ4v) is 14.8. The van der Waals surface area contributed by atoms with Gasteiger partial charge in [0, 0.05) is 37.7 Å². The van der Waals surface area contributed by atoms with Crippen LogP contribution in [-0.2, 0) is 10.8 Å². The Labute approximate surface area is 440 Å². The number of hydrogen-bond acceptors (Lipinski definition) is 3. The monoisotopic (exact) mass is 971 g/mol. The van der Waals surface area contributed by atoms with E-state index in [0.717, 1.165) is 50.8 Å². The summed E-state index contributed by atoms with van der Waals surface area (Å²) in [4.78, 5) is 5.16. The van der Waals surface area contributed by atoms with Gasteiger partial charge in [-0.25, -0.2) is 0 Å². The fourth-order valence-electron chi connectivity index (χ4n) is 13.6. The van der Waals surface area contributed by atoms with Crippen molar-refractivity contribution < 1.29 is 4.74 Å². The quantitative estimate of drug-likeness (QED) is 0.171. The second-order valence-corrected chi connectivity index (χ2v) is 21.3. The average molecular weight is 972 g/mol. The number of nitrogens with zero attached hydrogens (tertiary/aromatic N) is 1. The Morgan fingerprint density at radius 1 is 0.293 bits per heavy atom. The van der Waals surface area contributed by atoms with Crippen LogP contribution in [0.4, 0.5) is 17.1 Å². The van der Waals surface area contributed by atoms with E-state index in [-0.39, 0.29) is 0 Å². The summed E-state index contributed by atoms with van der Waals surface area (Å²) >= 11 is 1.89. The first kappa shape index (κ1) is 42.4. The highest BCUT2D eigenvalue weighted by Crippen LogP contribution is 2.66. The van der Waals surface area contributed by atoms with Gasteiger partial charge >= 0.3 is 0 Å². The van der Waals surface area contributed by atoms with E-state index in [2.05, 4.69) is 278 Å². The summed E-state index contributed by atoms with van der Waals surface area (Å²) in [5.41, 5.74) is 21.8. The molecule has 0 radical (unpaired) electrons. The number of benzene rings is 12. The van der Waals surface area contributed by atoms with E-state index in [1.807, 2.05) is 11.8 Å². The Morgan fingerprint density at radius 2 is 0.787 bits per heavy atom. The molecule has 0 aromatic heterocycles. The zero-order valence-electron chi connectivity index (χ0n) is 40.7. The van der Waals surface area contributed by atoms with Crippen LogP contribution in [0.3, 0.4) is 0 Å². The summed E-state index contributed by atoms with van der Waals surface area (Å²) in [6.45, 7) is 0. The molecule has 0 bridgehead atoms. The molecule has 3 heteroatoms. The van der Waals surface area contributed by atoms with Crippen LogP contribution in [0.5, 0.6) is 11.5 Å². The Morgan fingerprint density at radius 3 is 1.51 bits per heavy atom. The molecule has 2 aliphatic heterocycles. The number of rotatable bonds is 5. The Bertz CT molecular complexity index is 4230. The van der Waals surface area contributed by atoms with Crippen molar-refractivity contribution in [2.45, 2.75) is 20.6 Å². The number of anilines is 3. The SMILES string of the molecule is c1ccc(-c2ccc(-c3ccccc3N(c3ccc4c(c3)C3(c5ccccc5Oc5ccccc53)c3ccccc3-4)c3cccc4c3-c3cc5ccccc5cc3C43c4ccccc4Sc4ccccc43)cc2)cc1. The normalized spacial score (nSPS) is 14.1. The van der Waals surface area contributed by atoms with Gasteiger partial charge in [0.25, 0.3) is 0 Å². The van der Waals surface area contributed by atoms with Crippen LogP contribution < -0.4 is 9.64 Å². The Kier molecular flexibility index (Phi) is 9.14. The first-order valence-electron chi connectivity index (χ1n) is 25.9. The number of fused-ring (bicyclic) bond motifs is 19. The molecular weight excluding hydrogens is 927 g/mol. The van der Waals surface area contributed by atoms with Crippen molar-refractivity contribution in [3.05, 3.63) is 317 Å². The molecule has 0 amide bonds. The van der Waals surface area contributed by atoms with E-state index in [0.29, 0.717) is 0 Å². The van der Waals surface area contributed by atoms with Crippen molar-refractivity contribution in [1.29, 1.82) is 0 Å². The predicted octanol–water partition coefficient (Wildman–Crippen LogP) is 18.9. The topological polar surface area (TPSA) is 12.5 Å². The van der Waals surface area contributed by atoms with Crippen molar-refractivity contribution in [3.63, 3.8) is 0 Å². The zero-order chi connectivity index (χ0) is 49.2. The first-order valence-corrected chi connectivity index (χ1v) is 26.7. The van der Waals surface area contributed by atoms with Gasteiger partial charge in [-0.15, -0.1) is 0 Å². The molecular formula is C72H45NOS. The van der Waals surface area contributed by atoms with Crippen LogP contribution in [0, 0.1) is 0 Å². The second-order valence-electron chi connectivity index (χ2n) is 20.2. The van der Waals surface area contributed by atoms with Crippen molar-refractivity contribution in [1.82, 2.24) is 0 Å². The predicted molar refractivity (Wildman–Crippen MR) is 308 cm³/mol. The van der Waals surface area contributed by atoms with E-state index < -0.39 is 10.8 Å². The zero-order valence-corrected chi connectivity index (χ0v) is 41.6. The maximum atomic E-state index is 6.82. The Balaban J connectivity index is 1.01. The minimum absolute atomic E-state index is 0.583. The molecule has 12 aromatic rings. The molecule has 0 saturated heterocycles. The van der Waals surface area contributed by atoms with Crippen molar-refractivity contribution >= 4 is 39.6 Å². The van der Waals surface area contributed by atoms with E-state index in [1.54, 1.807) is 0 Å². The second kappa shape index (κ2) is 16.2. The average Bonchev–Trinajstić information content (AvgIpc) is 4.03. The summed E-state index contributed by atoms with van der Waals surface area (Å²) < 4.78 is 6.82. The van der Waals surface area contributed by atoms with Gasteiger partial charge in [-0.05, 0) is 138 Å². The van der Waals surface area contributed by atoms with Gasteiger partial charge in [0.05, 0.1) is 22.2 Å². The van der Waals surface area contributed by atoms with E-state index in [9.17, 15) is 0 Å². The van der Waals surface area contributed by atoms with Crippen LogP contribution in [0.15, 0.2) is 283 Å². The van der Waals surface area contributed by atoms with E-state index >= 15 is 0 Å². The highest BCUT2D eigenvalue weighted by molar-refractivity contribution is 7.99. The molecule has 0 unspecified atom stereocenters. The van der Waals surface area contributed by atoms with Gasteiger partial charge in [-0.1, -0.05) is 224 Å². The van der Waals surface area contributed by atoms with E-state index in [1.165, 1.54) is 87.3 Å². The van der Waals surface area contributed by atoms with Crippen molar-refractivity contribution in [3.8, 4) is 56.0 Å². The molecule has 75 heavy (non-hydrogen) atoms. The molecule has 2 aliphatic carbocycles. The van der Waals surface area contributed by atoms with Crippen LogP contribution in [0.1, 0.15) is 44.5 Å². The van der Waals surface area contributed by atoms with Crippen LogP contribution in [0.2, 0.25) is 0 Å². The highest BCUT2D eigenvalue weighted by atomic mass is 32.2. The van der Waals surface area contributed by atoms with Crippen molar-refractivity contribution in [2.24, 2.45) is 0 Å². The highest BCUT2D eigenvalue weighted by Gasteiger charge is 2.53. The minimum atomic E-state index is -0.646. The number of para-hydroxylation sites is 3. The maximum Gasteiger partial charge on any atom is 0.132 e. The smallest absolute Gasteiger partial charge is 0.132 e. The van der Waals surface area contributed by atoms with Crippen LogP contribution in [-0.4, -0.2) is 0 Å². The summed E-state index contributed by atoms with van der Waals surface area (Å²) in [6.07, 6.45) is 0. The lowest BCUT2D eigenvalue weighted by molar-refractivity contribution is 0.436. The fraction of sp³-hybridized carbons (Fsp3) is 0.0278. The summed E-state index contributed by atoms with van der Waals surface area (Å²) in [5.74, 6) is 1.76. The van der Waals surface area contributed by atoms with Gasteiger partial charge in [-0.2, -0.15) is 0 Å². The largest absolute Gasteiger partial charge is 0.457 e.